The molecule has 0 spiro atoms. The summed E-state index contributed by atoms with van der Waals surface area (Å²) in [5.74, 6) is 0.764. The maximum atomic E-state index is 11.6. The van der Waals surface area contributed by atoms with E-state index in [1.807, 2.05) is 49.4 Å². The summed E-state index contributed by atoms with van der Waals surface area (Å²) < 4.78 is 5.61. The first-order chi connectivity index (χ1) is 12.4. The summed E-state index contributed by atoms with van der Waals surface area (Å²) in [6.45, 7) is 10.8. The van der Waals surface area contributed by atoms with Crippen molar-refractivity contribution in [3.63, 3.8) is 0 Å². The Morgan fingerprint density at radius 1 is 1.00 bits per heavy atom. The lowest BCUT2D eigenvalue weighted by Crippen LogP contribution is -2.36. The highest BCUT2D eigenvalue weighted by molar-refractivity contribution is 6.13. The fraction of sp³-hybridized carbons (Fsp3) is 0.348. The Balaban J connectivity index is 2.46. The number of allylic oxidation sites excluding steroid dienone is 1. The molecule has 0 amide bonds. The Morgan fingerprint density at radius 2 is 1.62 bits per heavy atom. The molecule has 0 aliphatic rings. The normalized spacial score (nSPS) is 11.8. The summed E-state index contributed by atoms with van der Waals surface area (Å²) >= 11 is 0. The molecule has 0 saturated heterocycles. The molecule has 3 heteroatoms. The van der Waals surface area contributed by atoms with Gasteiger partial charge in [-0.2, -0.15) is 0 Å². The SMILES string of the molecule is COc1cc(N(C(C)C)C(C)C)ccc1/C=C(\C=O)c1ccc(C)cc1. The summed E-state index contributed by atoms with van der Waals surface area (Å²) in [7, 11) is 1.66. The lowest BCUT2D eigenvalue weighted by Gasteiger charge is -2.33. The number of hydrogen-bond acceptors (Lipinski definition) is 3. The van der Waals surface area contributed by atoms with Crippen LogP contribution in [-0.2, 0) is 4.79 Å². The minimum Gasteiger partial charge on any atom is -0.496 e. The van der Waals surface area contributed by atoms with Crippen LogP contribution in [0.2, 0.25) is 0 Å². The molecule has 0 aromatic heterocycles. The quantitative estimate of drug-likeness (QED) is 0.382. The summed E-state index contributed by atoms with van der Waals surface area (Å²) in [4.78, 5) is 14.0. The van der Waals surface area contributed by atoms with Gasteiger partial charge >= 0.3 is 0 Å². The van der Waals surface area contributed by atoms with Crippen LogP contribution in [0.1, 0.15) is 44.4 Å². The maximum absolute atomic E-state index is 11.6. The van der Waals surface area contributed by atoms with Gasteiger partial charge in [0.1, 0.15) is 5.75 Å². The third-order valence-corrected chi connectivity index (χ3v) is 4.45. The van der Waals surface area contributed by atoms with E-state index in [9.17, 15) is 4.79 Å². The van der Waals surface area contributed by atoms with Gasteiger partial charge in [-0.25, -0.2) is 0 Å². The molecule has 2 aromatic rings. The largest absolute Gasteiger partial charge is 0.496 e. The van der Waals surface area contributed by atoms with Crippen molar-refractivity contribution in [2.24, 2.45) is 0 Å². The number of hydrogen-bond donors (Lipinski definition) is 0. The first kappa shape index (κ1) is 19.8. The van der Waals surface area contributed by atoms with Gasteiger partial charge in [0.05, 0.1) is 7.11 Å². The third-order valence-electron chi connectivity index (χ3n) is 4.45. The predicted molar refractivity (Wildman–Crippen MR) is 111 cm³/mol. The molecule has 2 rings (SSSR count). The van der Waals surface area contributed by atoms with Gasteiger partial charge in [0.2, 0.25) is 0 Å². The van der Waals surface area contributed by atoms with E-state index in [1.54, 1.807) is 7.11 Å². The molecule has 26 heavy (non-hydrogen) atoms. The molecule has 0 heterocycles. The molecular weight excluding hydrogens is 322 g/mol. The van der Waals surface area contributed by atoms with E-state index >= 15 is 0 Å². The zero-order chi connectivity index (χ0) is 19.3. The van der Waals surface area contributed by atoms with Crippen LogP contribution in [0.3, 0.4) is 0 Å². The number of methoxy groups -OCH3 is 1. The maximum Gasteiger partial charge on any atom is 0.150 e. The van der Waals surface area contributed by atoms with E-state index in [1.165, 1.54) is 5.56 Å². The Hall–Kier alpha value is -2.55. The number of anilines is 1. The molecule has 0 N–H and O–H groups in total. The zero-order valence-electron chi connectivity index (χ0n) is 16.6. The molecular formula is C23H29NO2. The van der Waals surface area contributed by atoms with Crippen molar-refractivity contribution >= 4 is 23.6 Å². The summed E-state index contributed by atoms with van der Waals surface area (Å²) in [6, 6.07) is 14.9. The highest BCUT2D eigenvalue weighted by Crippen LogP contribution is 2.30. The second-order valence-corrected chi connectivity index (χ2v) is 7.10. The number of carbonyl (C=O) groups is 1. The number of aldehydes is 1. The van der Waals surface area contributed by atoms with Crippen molar-refractivity contribution in [1.29, 1.82) is 0 Å². The molecule has 138 valence electrons. The molecule has 3 nitrogen and oxygen atoms in total. The number of carbonyl (C=O) groups excluding carboxylic acids is 1. The van der Waals surface area contributed by atoms with Crippen LogP contribution < -0.4 is 9.64 Å². The van der Waals surface area contributed by atoms with Crippen LogP contribution in [0, 0.1) is 6.92 Å². The first-order valence-corrected chi connectivity index (χ1v) is 9.07. The van der Waals surface area contributed by atoms with Crippen molar-refractivity contribution in [3.05, 3.63) is 59.2 Å². The monoisotopic (exact) mass is 351 g/mol. The van der Waals surface area contributed by atoms with Crippen molar-refractivity contribution in [1.82, 2.24) is 0 Å². The highest BCUT2D eigenvalue weighted by atomic mass is 16.5. The number of benzene rings is 2. The smallest absolute Gasteiger partial charge is 0.150 e. The molecule has 0 unspecified atom stereocenters. The molecule has 0 aliphatic carbocycles. The summed E-state index contributed by atoms with van der Waals surface area (Å²) in [5.41, 5.74) is 4.73. The van der Waals surface area contributed by atoms with E-state index in [0.29, 0.717) is 17.7 Å². The van der Waals surface area contributed by atoms with Crippen LogP contribution in [0.4, 0.5) is 5.69 Å². The Bertz CT molecular complexity index is 765. The number of aryl methyl sites for hydroxylation is 1. The number of nitrogens with zero attached hydrogens (tertiary/aromatic N) is 1. The van der Waals surface area contributed by atoms with Crippen molar-refractivity contribution in [2.45, 2.75) is 46.7 Å². The molecule has 0 saturated carbocycles. The fourth-order valence-electron chi connectivity index (χ4n) is 3.27. The second kappa shape index (κ2) is 8.70. The molecule has 0 radical (unpaired) electrons. The van der Waals surface area contributed by atoms with Gasteiger partial charge in [-0.15, -0.1) is 0 Å². The molecule has 2 aromatic carbocycles. The van der Waals surface area contributed by atoms with Gasteiger partial charge < -0.3 is 9.64 Å². The van der Waals surface area contributed by atoms with Crippen LogP contribution in [0.25, 0.3) is 11.6 Å². The van der Waals surface area contributed by atoms with E-state index in [4.69, 9.17) is 4.74 Å². The summed E-state index contributed by atoms with van der Waals surface area (Å²) in [5, 5.41) is 0. The predicted octanol–water partition coefficient (Wildman–Crippen LogP) is 5.37. The van der Waals surface area contributed by atoms with E-state index in [0.717, 1.165) is 28.8 Å². The minimum absolute atomic E-state index is 0.388. The molecule has 0 aliphatic heterocycles. The van der Waals surface area contributed by atoms with Crippen LogP contribution in [0.5, 0.6) is 5.75 Å². The van der Waals surface area contributed by atoms with Gasteiger partial charge in [-0.1, -0.05) is 29.8 Å². The fourth-order valence-corrected chi connectivity index (χ4v) is 3.27. The third kappa shape index (κ3) is 4.54. The van der Waals surface area contributed by atoms with Crippen LogP contribution in [-0.4, -0.2) is 25.5 Å². The first-order valence-electron chi connectivity index (χ1n) is 9.07. The van der Waals surface area contributed by atoms with Crippen LogP contribution in [0.15, 0.2) is 42.5 Å². The molecule has 0 atom stereocenters. The summed E-state index contributed by atoms with van der Waals surface area (Å²) in [6.07, 6.45) is 2.78. The van der Waals surface area contributed by atoms with Gasteiger partial charge in [-0.3, -0.25) is 4.79 Å². The average molecular weight is 351 g/mol. The van der Waals surface area contributed by atoms with E-state index in [-0.39, 0.29) is 0 Å². The topological polar surface area (TPSA) is 29.5 Å². The van der Waals surface area contributed by atoms with Gasteiger partial charge in [0.25, 0.3) is 0 Å². The molecule has 0 bridgehead atoms. The average Bonchev–Trinajstić information content (AvgIpc) is 2.60. The Morgan fingerprint density at radius 3 is 2.12 bits per heavy atom. The highest BCUT2D eigenvalue weighted by Gasteiger charge is 2.16. The number of rotatable bonds is 7. The van der Waals surface area contributed by atoms with Gasteiger partial charge in [0.15, 0.2) is 6.29 Å². The molecule has 0 fully saturated rings. The minimum atomic E-state index is 0.388. The standard InChI is InChI=1S/C23H29NO2/c1-16(2)24(17(3)4)22-12-11-20(23(14-22)26-6)13-21(15-25)19-9-7-18(5)8-10-19/h7-17H,1-6H3/b21-13+. The van der Waals surface area contributed by atoms with Crippen molar-refractivity contribution in [2.75, 3.05) is 12.0 Å². The Labute approximate surface area is 157 Å². The number of ether oxygens (including phenoxy) is 1. The zero-order valence-corrected chi connectivity index (χ0v) is 16.6. The Kier molecular flexibility index (Phi) is 6.62. The van der Waals surface area contributed by atoms with E-state index in [2.05, 4.69) is 38.7 Å². The van der Waals surface area contributed by atoms with Crippen molar-refractivity contribution < 1.29 is 9.53 Å². The lowest BCUT2D eigenvalue weighted by atomic mass is 10.0. The van der Waals surface area contributed by atoms with Gasteiger partial charge in [0, 0.05) is 35.0 Å². The van der Waals surface area contributed by atoms with Crippen molar-refractivity contribution in [3.8, 4) is 5.75 Å². The van der Waals surface area contributed by atoms with Gasteiger partial charge in [-0.05, 0) is 58.4 Å². The lowest BCUT2D eigenvalue weighted by molar-refractivity contribution is -0.103. The second-order valence-electron chi connectivity index (χ2n) is 7.10. The van der Waals surface area contributed by atoms with E-state index < -0.39 is 0 Å². The van der Waals surface area contributed by atoms with Crippen LogP contribution >= 0.6 is 0 Å².